The number of nitrogens with zero attached hydrogens (tertiary/aromatic N) is 2. The number of morpholine rings is 1. The van der Waals surface area contributed by atoms with E-state index >= 15 is 0 Å². The van der Waals surface area contributed by atoms with Gasteiger partial charge < -0.3 is 14.5 Å². The number of anilines is 1. The first-order valence-electron chi connectivity index (χ1n) is 11.0. The van der Waals surface area contributed by atoms with Crippen LogP contribution in [0.15, 0.2) is 51.8 Å². The van der Waals surface area contributed by atoms with Gasteiger partial charge in [-0.1, -0.05) is 32.9 Å². The van der Waals surface area contributed by atoms with E-state index in [4.69, 9.17) is 9.15 Å². The van der Waals surface area contributed by atoms with Crippen LogP contribution >= 0.6 is 0 Å². The van der Waals surface area contributed by atoms with Crippen LogP contribution in [0.5, 0.6) is 0 Å². The van der Waals surface area contributed by atoms with Crippen molar-refractivity contribution in [1.29, 1.82) is 0 Å². The topological polar surface area (TPSA) is 102 Å². The molecule has 1 aliphatic rings. The highest BCUT2D eigenvalue weighted by Crippen LogP contribution is 2.27. The van der Waals surface area contributed by atoms with Crippen molar-refractivity contribution in [2.45, 2.75) is 43.9 Å². The van der Waals surface area contributed by atoms with Crippen LogP contribution < -0.4 is 5.32 Å². The van der Waals surface area contributed by atoms with Crippen LogP contribution in [0, 0.1) is 0 Å². The second-order valence-corrected chi connectivity index (χ2v) is 11.1. The van der Waals surface area contributed by atoms with Crippen LogP contribution in [0.3, 0.4) is 0 Å². The molecule has 8 nitrogen and oxygen atoms in total. The summed E-state index contributed by atoms with van der Waals surface area (Å²) in [7, 11) is -3.52. The molecular formula is C24H29N3O5S. The molecule has 2 aromatic carbocycles. The summed E-state index contributed by atoms with van der Waals surface area (Å²) in [6.45, 7) is 7.65. The van der Waals surface area contributed by atoms with Gasteiger partial charge in [-0.15, -0.1) is 0 Å². The molecule has 0 saturated carbocycles. The van der Waals surface area contributed by atoms with Gasteiger partial charge in [0.05, 0.1) is 18.1 Å². The van der Waals surface area contributed by atoms with E-state index in [1.54, 1.807) is 42.5 Å². The molecule has 0 unspecified atom stereocenters. The number of sulfonamides is 1. The van der Waals surface area contributed by atoms with E-state index < -0.39 is 10.0 Å². The maximum atomic E-state index is 12.7. The summed E-state index contributed by atoms with van der Waals surface area (Å²) in [4.78, 5) is 17.2. The normalized spacial score (nSPS) is 15.6. The number of benzene rings is 2. The van der Waals surface area contributed by atoms with Gasteiger partial charge in [0, 0.05) is 30.6 Å². The summed E-state index contributed by atoms with van der Waals surface area (Å²) < 4.78 is 37.9. The second kappa shape index (κ2) is 9.24. The fourth-order valence-corrected chi connectivity index (χ4v) is 4.98. The number of carbonyl (C=O) groups excluding carboxylic acids is 1. The SMILES string of the molecule is CC(C)(C)c1nc2cc(NC(=O)CCc3ccc(S(=O)(=O)N4CCOCC4)cc3)ccc2o1. The molecule has 0 aliphatic carbocycles. The molecule has 2 heterocycles. The van der Waals surface area contributed by atoms with Crippen molar-refractivity contribution >= 4 is 32.7 Å². The minimum Gasteiger partial charge on any atom is -0.440 e. The van der Waals surface area contributed by atoms with E-state index in [9.17, 15) is 13.2 Å². The van der Waals surface area contributed by atoms with Crippen LogP contribution in [0.4, 0.5) is 5.69 Å². The lowest BCUT2D eigenvalue weighted by molar-refractivity contribution is -0.116. The first-order valence-corrected chi connectivity index (χ1v) is 12.4. The lowest BCUT2D eigenvalue weighted by atomic mass is 9.97. The summed E-state index contributed by atoms with van der Waals surface area (Å²) in [5.74, 6) is 0.527. The molecule has 176 valence electrons. The third-order valence-corrected chi connectivity index (χ3v) is 7.40. The highest BCUT2D eigenvalue weighted by atomic mass is 32.2. The van der Waals surface area contributed by atoms with Crippen molar-refractivity contribution in [1.82, 2.24) is 9.29 Å². The largest absolute Gasteiger partial charge is 0.440 e. The number of fused-ring (bicyclic) bond motifs is 1. The lowest BCUT2D eigenvalue weighted by Gasteiger charge is -2.26. The van der Waals surface area contributed by atoms with Crippen molar-refractivity contribution in [3.8, 4) is 0 Å². The van der Waals surface area contributed by atoms with E-state index in [0.29, 0.717) is 55.4 Å². The van der Waals surface area contributed by atoms with Gasteiger partial charge >= 0.3 is 0 Å². The molecule has 1 saturated heterocycles. The van der Waals surface area contributed by atoms with Crippen molar-refractivity contribution in [2.75, 3.05) is 31.6 Å². The number of hydrogen-bond donors (Lipinski definition) is 1. The number of nitrogens with one attached hydrogen (secondary N) is 1. The monoisotopic (exact) mass is 471 g/mol. The zero-order chi connectivity index (χ0) is 23.6. The average Bonchev–Trinajstić information content (AvgIpc) is 3.23. The summed E-state index contributed by atoms with van der Waals surface area (Å²) in [5, 5.41) is 2.90. The molecule has 1 fully saturated rings. The quantitative estimate of drug-likeness (QED) is 0.588. The average molecular weight is 472 g/mol. The highest BCUT2D eigenvalue weighted by molar-refractivity contribution is 7.89. The third-order valence-electron chi connectivity index (χ3n) is 5.48. The number of aromatic nitrogens is 1. The Bertz CT molecular complexity index is 1240. The fourth-order valence-electron chi connectivity index (χ4n) is 3.57. The minimum absolute atomic E-state index is 0.126. The van der Waals surface area contributed by atoms with E-state index in [-0.39, 0.29) is 22.6 Å². The van der Waals surface area contributed by atoms with E-state index in [1.807, 2.05) is 20.8 Å². The summed E-state index contributed by atoms with van der Waals surface area (Å²) in [5.41, 5.74) is 2.75. The Morgan fingerprint density at radius 2 is 1.79 bits per heavy atom. The third kappa shape index (κ3) is 5.43. The predicted octanol–water partition coefficient (Wildman–Crippen LogP) is 3.72. The van der Waals surface area contributed by atoms with Gasteiger partial charge in [0.2, 0.25) is 21.8 Å². The number of ether oxygens (including phenoxy) is 1. The zero-order valence-electron chi connectivity index (χ0n) is 19.1. The maximum absolute atomic E-state index is 12.7. The van der Waals surface area contributed by atoms with Crippen molar-refractivity contribution in [3.05, 3.63) is 53.9 Å². The van der Waals surface area contributed by atoms with Gasteiger partial charge in [-0.2, -0.15) is 4.31 Å². The lowest BCUT2D eigenvalue weighted by Crippen LogP contribution is -2.40. The Kier molecular flexibility index (Phi) is 6.56. The molecule has 1 amide bonds. The molecule has 3 aromatic rings. The van der Waals surface area contributed by atoms with Gasteiger partial charge in [-0.25, -0.2) is 13.4 Å². The number of rotatable bonds is 6. The van der Waals surface area contributed by atoms with E-state index in [1.165, 1.54) is 4.31 Å². The Morgan fingerprint density at radius 3 is 2.45 bits per heavy atom. The second-order valence-electron chi connectivity index (χ2n) is 9.16. The van der Waals surface area contributed by atoms with Crippen molar-refractivity contribution in [2.24, 2.45) is 0 Å². The van der Waals surface area contributed by atoms with Gasteiger partial charge in [0.25, 0.3) is 0 Å². The molecule has 1 aliphatic heterocycles. The highest BCUT2D eigenvalue weighted by Gasteiger charge is 2.26. The number of oxazole rings is 1. The number of carbonyl (C=O) groups is 1. The van der Waals surface area contributed by atoms with Crippen LogP contribution in [0.2, 0.25) is 0 Å². The Morgan fingerprint density at radius 1 is 1.09 bits per heavy atom. The predicted molar refractivity (Wildman–Crippen MR) is 126 cm³/mol. The minimum atomic E-state index is -3.52. The molecule has 1 aromatic heterocycles. The van der Waals surface area contributed by atoms with Gasteiger partial charge in [0.15, 0.2) is 5.58 Å². The maximum Gasteiger partial charge on any atom is 0.243 e. The number of aryl methyl sites for hydroxylation is 1. The molecule has 9 heteroatoms. The Hall–Kier alpha value is -2.75. The van der Waals surface area contributed by atoms with Crippen LogP contribution in [-0.4, -0.2) is 49.9 Å². The van der Waals surface area contributed by atoms with E-state index in [0.717, 1.165) is 5.56 Å². The fraction of sp³-hybridized carbons (Fsp3) is 0.417. The molecule has 1 N–H and O–H groups in total. The molecule has 0 spiro atoms. The summed E-state index contributed by atoms with van der Waals surface area (Å²) in [6, 6.07) is 12.1. The van der Waals surface area contributed by atoms with Crippen LogP contribution in [0.1, 0.15) is 38.6 Å². The zero-order valence-corrected chi connectivity index (χ0v) is 19.9. The standard InChI is InChI=1S/C24H29N3O5S/c1-24(2,3)23-26-20-16-18(7-10-21(20)32-23)25-22(28)11-6-17-4-8-19(9-5-17)33(29,30)27-12-14-31-15-13-27/h4-5,7-10,16H,6,11-15H2,1-3H3,(H,25,28). The Balaban J connectivity index is 1.35. The summed E-state index contributed by atoms with van der Waals surface area (Å²) in [6.07, 6.45) is 0.781. The molecular weight excluding hydrogens is 442 g/mol. The smallest absolute Gasteiger partial charge is 0.243 e. The van der Waals surface area contributed by atoms with Gasteiger partial charge in [0.1, 0.15) is 5.52 Å². The van der Waals surface area contributed by atoms with Crippen molar-refractivity contribution < 1.29 is 22.4 Å². The van der Waals surface area contributed by atoms with Gasteiger partial charge in [-0.3, -0.25) is 4.79 Å². The summed E-state index contributed by atoms with van der Waals surface area (Å²) >= 11 is 0. The molecule has 33 heavy (non-hydrogen) atoms. The van der Waals surface area contributed by atoms with E-state index in [2.05, 4.69) is 10.3 Å². The van der Waals surface area contributed by atoms with Crippen LogP contribution in [-0.2, 0) is 31.4 Å². The molecule has 0 bridgehead atoms. The number of amides is 1. The molecule has 4 rings (SSSR count). The van der Waals surface area contributed by atoms with Crippen LogP contribution in [0.25, 0.3) is 11.1 Å². The number of hydrogen-bond acceptors (Lipinski definition) is 6. The Labute approximate surface area is 194 Å². The molecule has 0 atom stereocenters. The molecule has 0 radical (unpaired) electrons. The van der Waals surface area contributed by atoms with Gasteiger partial charge in [-0.05, 0) is 42.3 Å². The van der Waals surface area contributed by atoms with Crippen molar-refractivity contribution in [3.63, 3.8) is 0 Å². The first-order chi connectivity index (χ1) is 15.6. The first kappa shape index (κ1) is 23.4.